The van der Waals surface area contributed by atoms with Gasteiger partial charge in [0.25, 0.3) is 0 Å². The molecule has 0 atom stereocenters. The number of nitrogens with zero attached hydrogens (tertiary/aromatic N) is 4. The number of rotatable bonds is 7. The van der Waals surface area contributed by atoms with Crippen LogP contribution in [0.1, 0.15) is 5.69 Å². The molecule has 5 rings (SSSR count). The van der Waals surface area contributed by atoms with Crippen LogP contribution in [0.15, 0.2) is 65.7 Å². The van der Waals surface area contributed by atoms with Gasteiger partial charge >= 0.3 is 0 Å². The summed E-state index contributed by atoms with van der Waals surface area (Å²) < 4.78 is 12.9. The first-order chi connectivity index (χ1) is 15.2. The van der Waals surface area contributed by atoms with Crippen molar-refractivity contribution in [2.24, 2.45) is 0 Å². The van der Waals surface area contributed by atoms with E-state index in [4.69, 9.17) is 26.1 Å². The monoisotopic (exact) mass is 468 g/mol. The lowest BCUT2D eigenvalue weighted by atomic mass is 10.2. The summed E-state index contributed by atoms with van der Waals surface area (Å²) >= 11 is 9.23. The van der Waals surface area contributed by atoms with E-state index in [0.717, 1.165) is 44.3 Å². The van der Waals surface area contributed by atoms with Gasteiger partial charge in [-0.3, -0.25) is 4.57 Å². The topological polar surface area (TPSA) is 62.1 Å². The molecule has 156 valence electrons. The minimum absolute atomic E-state index is 0.266. The van der Waals surface area contributed by atoms with Gasteiger partial charge in [0.1, 0.15) is 5.01 Å². The maximum Gasteiger partial charge on any atom is 0.231 e. The van der Waals surface area contributed by atoms with Gasteiger partial charge in [-0.1, -0.05) is 29.4 Å². The van der Waals surface area contributed by atoms with E-state index in [1.165, 1.54) is 0 Å². The largest absolute Gasteiger partial charge is 0.454 e. The molecule has 4 aromatic rings. The van der Waals surface area contributed by atoms with Crippen molar-refractivity contribution in [1.82, 2.24) is 19.7 Å². The second-order valence-corrected chi connectivity index (χ2v) is 8.95. The zero-order chi connectivity index (χ0) is 21.2. The third-order valence-corrected chi connectivity index (χ3v) is 6.84. The Balaban J connectivity index is 1.33. The normalized spacial score (nSPS) is 12.3. The SMILES string of the molecule is C=CCn1c(SCc2csc(-c3ccc4c(c3)OCO4)n2)nnc1-c1ccc(Cl)cc1. The highest BCUT2D eigenvalue weighted by Crippen LogP contribution is 2.37. The van der Waals surface area contributed by atoms with Crippen LogP contribution in [0.3, 0.4) is 0 Å². The highest BCUT2D eigenvalue weighted by Gasteiger charge is 2.17. The highest BCUT2D eigenvalue weighted by molar-refractivity contribution is 7.98. The van der Waals surface area contributed by atoms with Crippen LogP contribution in [0.2, 0.25) is 5.02 Å². The molecule has 0 amide bonds. The van der Waals surface area contributed by atoms with Crippen molar-refractivity contribution in [2.45, 2.75) is 17.5 Å². The molecule has 9 heteroatoms. The summed E-state index contributed by atoms with van der Waals surface area (Å²) in [6.45, 7) is 4.75. The van der Waals surface area contributed by atoms with Crippen molar-refractivity contribution in [3.63, 3.8) is 0 Å². The summed E-state index contributed by atoms with van der Waals surface area (Å²) in [5, 5.41) is 13.3. The van der Waals surface area contributed by atoms with Gasteiger partial charge in [0.15, 0.2) is 22.5 Å². The number of thioether (sulfide) groups is 1. The predicted molar refractivity (Wildman–Crippen MR) is 124 cm³/mol. The second-order valence-electron chi connectivity index (χ2n) is 6.71. The van der Waals surface area contributed by atoms with E-state index >= 15 is 0 Å². The first kappa shape index (κ1) is 20.1. The summed E-state index contributed by atoms with van der Waals surface area (Å²) in [6, 6.07) is 13.5. The molecule has 1 aliphatic heterocycles. The van der Waals surface area contributed by atoms with Crippen LogP contribution in [0, 0.1) is 0 Å². The summed E-state index contributed by atoms with van der Waals surface area (Å²) in [7, 11) is 0. The number of benzene rings is 2. The standard InChI is InChI=1S/C22H17ClN4O2S2/c1-2-9-27-20(14-3-6-16(23)7-4-14)25-26-22(27)31-12-17-11-30-21(24-17)15-5-8-18-19(10-15)29-13-28-18/h2-8,10-11H,1,9,12-13H2. The fraction of sp³-hybridized carbons (Fsp3) is 0.136. The number of thiazole rings is 1. The Morgan fingerprint density at radius 2 is 1.90 bits per heavy atom. The number of allylic oxidation sites excluding steroid dienone is 1. The summed E-state index contributed by atoms with van der Waals surface area (Å²) in [6.07, 6.45) is 1.84. The van der Waals surface area contributed by atoms with E-state index in [1.54, 1.807) is 23.1 Å². The van der Waals surface area contributed by atoms with Gasteiger partial charge in [-0.15, -0.1) is 28.1 Å². The fourth-order valence-electron chi connectivity index (χ4n) is 3.18. The Hall–Kier alpha value is -2.81. The van der Waals surface area contributed by atoms with Gasteiger partial charge in [-0.05, 0) is 42.5 Å². The van der Waals surface area contributed by atoms with E-state index in [-0.39, 0.29) is 6.79 Å². The molecule has 0 N–H and O–H groups in total. The van der Waals surface area contributed by atoms with Crippen LogP contribution < -0.4 is 9.47 Å². The molecule has 0 spiro atoms. The van der Waals surface area contributed by atoms with E-state index in [9.17, 15) is 0 Å². The van der Waals surface area contributed by atoms with E-state index in [0.29, 0.717) is 17.3 Å². The zero-order valence-corrected chi connectivity index (χ0v) is 18.7. The van der Waals surface area contributed by atoms with Crippen LogP contribution in [0.25, 0.3) is 22.0 Å². The molecule has 0 saturated heterocycles. The molecule has 31 heavy (non-hydrogen) atoms. The number of halogens is 1. The molecule has 6 nitrogen and oxygen atoms in total. The quantitative estimate of drug-likeness (QED) is 0.247. The van der Waals surface area contributed by atoms with E-state index in [2.05, 4.69) is 22.2 Å². The van der Waals surface area contributed by atoms with Crippen LogP contribution in [-0.4, -0.2) is 26.5 Å². The summed E-state index contributed by atoms with van der Waals surface area (Å²) in [5.41, 5.74) is 2.97. The molecule has 2 aromatic heterocycles. The van der Waals surface area contributed by atoms with Crippen LogP contribution >= 0.6 is 34.7 Å². The van der Waals surface area contributed by atoms with Crippen molar-refractivity contribution in [2.75, 3.05) is 6.79 Å². The minimum Gasteiger partial charge on any atom is -0.454 e. The van der Waals surface area contributed by atoms with E-state index < -0.39 is 0 Å². The minimum atomic E-state index is 0.266. The predicted octanol–water partition coefficient (Wildman–Crippen LogP) is 5.93. The number of hydrogen-bond acceptors (Lipinski definition) is 7. The summed E-state index contributed by atoms with van der Waals surface area (Å²) in [5.74, 6) is 3.01. The third-order valence-electron chi connectivity index (χ3n) is 4.65. The van der Waals surface area contributed by atoms with Gasteiger partial charge in [-0.2, -0.15) is 0 Å². The Bertz CT molecular complexity index is 1240. The second kappa shape index (κ2) is 8.74. The number of fused-ring (bicyclic) bond motifs is 1. The molecule has 2 aromatic carbocycles. The third kappa shape index (κ3) is 4.19. The van der Waals surface area contributed by atoms with Crippen molar-refractivity contribution in [3.8, 4) is 33.5 Å². The Morgan fingerprint density at radius 1 is 1.10 bits per heavy atom. The Labute approximate surface area is 192 Å². The molecule has 0 saturated carbocycles. The molecule has 0 aliphatic carbocycles. The van der Waals surface area contributed by atoms with Gasteiger partial charge in [0, 0.05) is 33.8 Å². The highest BCUT2D eigenvalue weighted by atomic mass is 35.5. The summed E-state index contributed by atoms with van der Waals surface area (Å²) in [4.78, 5) is 4.78. The Kier molecular flexibility index (Phi) is 5.67. The maximum absolute atomic E-state index is 6.01. The lowest BCUT2D eigenvalue weighted by Crippen LogP contribution is -2.00. The van der Waals surface area contributed by atoms with Crippen LogP contribution in [0.5, 0.6) is 11.5 Å². The fourth-order valence-corrected chi connectivity index (χ4v) is 5.06. The number of ether oxygens (including phenoxy) is 2. The number of hydrogen-bond donors (Lipinski definition) is 0. The average Bonchev–Trinajstić information content (AvgIpc) is 3.52. The molecule has 0 radical (unpaired) electrons. The van der Waals surface area contributed by atoms with Gasteiger partial charge in [0.05, 0.1) is 5.69 Å². The van der Waals surface area contributed by atoms with Gasteiger partial charge in [-0.25, -0.2) is 4.98 Å². The first-order valence-electron chi connectivity index (χ1n) is 9.48. The van der Waals surface area contributed by atoms with Crippen LogP contribution in [-0.2, 0) is 12.3 Å². The lowest BCUT2D eigenvalue weighted by molar-refractivity contribution is 0.174. The van der Waals surface area contributed by atoms with Crippen molar-refractivity contribution in [1.29, 1.82) is 0 Å². The molecular formula is C22H17ClN4O2S2. The van der Waals surface area contributed by atoms with Crippen molar-refractivity contribution >= 4 is 34.7 Å². The molecular weight excluding hydrogens is 452 g/mol. The molecule has 3 heterocycles. The Morgan fingerprint density at radius 3 is 2.74 bits per heavy atom. The molecule has 0 bridgehead atoms. The average molecular weight is 469 g/mol. The smallest absolute Gasteiger partial charge is 0.231 e. The lowest BCUT2D eigenvalue weighted by Gasteiger charge is -2.07. The first-order valence-corrected chi connectivity index (χ1v) is 11.7. The molecule has 0 unspecified atom stereocenters. The van der Waals surface area contributed by atoms with Gasteiger partial charge < -0.3 is 9.47 Å². The maximum atomic E-state index is 6.01. The molecule has 1 aliphatic rings. The zero-order valence-electron chi connectivity index (χ0n) is 16.3. The van der Waals surface area contributed by atoms with Crippen molar-refractivity contribution in [3.05, 3.63) is 71.2 Å². The van der Waals surface area contributed by atoms with Crippen molar-refractivity contribution < 1.29 is 9.47 Å². The van der Waals surface area contributed by atoms with Crippen LogP contribution in [0.4, 0.5) is 0 Å². The van der Waals surface area contributed by atoms with Gasteiger partial charge in [0.2, 0.25) is 6.79 Å². The molecule has 0 fully saturated rings. The number of aromatic nitrogens is 4. The van der Waals surface area contributed by atoms with E-state index in [1.807, 2.05) is 53.1 Å².